The van der Waals surface area contributed by atoms with Gasteiger partial charge in [0.1, 0.15) is 0 Å². The third kappa shape index (κ3) is 1.65. The molecular formula is C15H17ClN2O. The predicted molar refractivity (Wildman–Crippen MR) is 75.0 cm³/mol. The standard InChI is InChI=1S/C15H17ClN2O/c16-10-3-1-9(2-4-10)12-7-11-5-6-14-15(12)13(17-19)8-18(11)14/h1-4,11-12,14-15,19H,5-8H2. The molecule has 100 valence electrons. The van der Waals surface area contributed by atoms with Crippen molar-refractivity contribution in [1.82, 2.24) is 4.90 Å². The molecule has 0 aromatic heterocycles. The van der Waals surface area contributed by atoms with Gasteiger partial charge >= 0.3 is 0 Å². The molecule has 3 saturated heterocycles. The van der Waals surface area contributed by atoms with Gasteiger partial charge in [0.05, 0.1) is 5.71 Å². The number of oxime groups is 1. The number of hydrogen-bond acceptors (Lipinski definition) is 3. The Hall–Kier alpha value is -1.06. The average Bonchev–Trinajstić information content (AvgIpc) is 2.85. The lowest BCUT2D eigenvalue weighted by molar-refractivity contribution is 0.154. The van der Waals surface area contributed by atoms with Crippen molar-refractivity contribution in [3.8, 4) is 0 Å². The van der Waals surface area contributed by atoms with Gasteiger partial charge < -0.3 is 5.21 Å². The highest BCUT2D eigenvalue weighted by Gasteiger charge is 2.54. The summed E-state index contributed by atoms with van der Waals surface area (Å²) >= 11 is 5.98. The molecule has 3 fully saturated rings. The van der Waals surface area contributed by atoms with Crippen molar-refractivity contribution >= 4 is 17.3 Å². The highest BCUT2D eigenvalue weighted by molar-refractivity contribution is 6.30. The minimum Gasteiger partial charge on any atom is -0.411 e. The second-order valence-electron chi connectivity index (χ2n) is 5.98. The molecule has 4 rings (SSSR count). The molecule has 0 aliphatic carbocycles. The number of halogens is 1. The van der Waals surface area contributed by atoms with Crippen LogP contribution in [0.5, 0.6) is 0 Å². The Balaban J connectivity index is 1.74. The zero-order chi connectivity index (χ0) is 13.0. The smallest absolute Gasteiger partial charge is 0.0763 e. The first kappa shape index (κ1) is 11.7. The van der Waals surface area contributed by atoms with Crippen LogP contribution < -0.4 is 0 Å². The molecule has 3 nitrogen and oxygen atoms in total. The molecule has 4 bridgehead atoms. The zero-order valence-corrected chi connectivity index (χ0v) is 11.4. The number of rotatable bonds is 1. The van der Waals surface area contributed by atoms with Crippen molar-refractivity contribution in [3.05, 3.63) is 34.9 Å². The molecule has 1 aromatic carbocycles. The maximum Gasteiger partial charge on any atom is 0.0763 e. The van der Waals surface area contributed by atoms with Gasteiger partial charge in [0, 0.05) is 29.6 Å². The van der Waals surface area contributed by atoms with E-state index in [1.165, 1.54) is 24.8 Å². The van der Waals surface area contributed by atoms with Gasteiger partial charge in [0.15, 0.2) is 0 Å². The molecule has 4 heteroatoms. The molecule has 0 spiro atoms. The second-order valence-corrected chi connectivity index (χ2v) is 6.42. The van der Waals surface area contributed by atoms with Gasteiger partial charge in [-0.25, -0.2) is 0 Å². The molecule has 3 aliphatic heterocycles. The number of nitrogens with zero attached hydrogens (tertiary/aromatic N) is 2. The van der Waals surface area contributed by atoms with Gasteiger partial charge in [-0.3, -0.25) is 4.90 Å². The van der Waals surface area contributed by atoms with E-state index in [9.17, 15) is 5.21 Å². The maximum absolute atomic E-state index is 9.29. The fourth-order valence-corrected chi connectivity index (χ4v) is 4.58. The topological polar surface area (TPSA) is 35.8 Å². The normalized spacial score (nSPS) is 41.9. The number of hydrogen-bond donors (Lipinski definition) is 1. The summed E-state index contributed by atoms with van der Waals surface area (Å²) in [6.45, 7) is 0.862. The van der Waals surface area contributed by atoms with Crippen molar-refractivity contribution in [2.24, 2.45) is 11.1 Å². The van der Waals surface area contributed by atoms with E-state index in [1.54, 1.807) is 0 Å². The molecule has 1 N–H and O–H groups in total. The van der Waals surface area contributed by atoms with Crippen LogP contribution >= 0.6 is 11.6 Å². The summed E-state index contributed by atoms with van der Waals surface area (Å²) in [4.78, 5) is 2.55. The molecule has 5 atom stereocenters. The van der Waals surface area contributed by atoms with Crippen molar-refractivity contribution in [1.29, 1.82) is 0 Å². The van der Waals surface area contributed by atoms with Crippen LogP contribution in [0.3, 0.4) is 0 Å². The Kier molecular flexibility index (Phi) is 2.61. The fourth-order valence-electron chi connectivity index (χ4n) is 4.46. The minimum atomic E-state index is 0.393. The molecule has 0 radical (unpaired) electrons. The van der Waals surface area contributed by atoms with Crippen LogP contribution in [0.25, 0.3) is 0 Å². The van der Waals surface area contributed by atoms with Crippen LogP contribution in [0.15, 0.2) is 29.4 Å². The van der Waals surface area contributed by atoms with Crippen molar-refractivity contribution in [2.45, 2.75) is 37.3 Å². The molecule has 5 unspecified atom stereocenters. The molecule has 0 saturated carbocycles. The third-order valence-electron chi connectivity index (χ3n) is 5.22. The van der Waals surface area contributed by atoms with Gasteiger partial charge in [-0.05, 0) is 42.9 Å². The zero-order valence-electron chi connectivity index (χ0n) is 10.7. The minimum absolute atomic E-state index is 0.393. The fraction of sp³-hybridized carbons (Fsp3) is 0.533. The SMILES string of the molecule is ON=C1CN2C3CCC2C1C(c1ccc(Cl)cc1)C3. The van der Waals surface area contributed by atoms with Gasteiger partial charge in [-0.15, -0.1) is 0 Å². The molecule has 1 aromatic rings. The van der Waals surface area contributed by atoms with Gasteiger partial charge in [-0.2, -0.15) is 0 Å². The summed E-state index contributed by atoms with van der Waals surface area (Å²) in [5.41, 5.74) is 2.32. The monoisotopic (exact) mass is 276 g/mol. The molecule has 3 aliphatic rings. The Morgan fingerprint density at radius 1 is 1.21 bits per heavy atom. The van der Waals surface area contributed by atoms with Crippen LogP contribution in [0, 0.1) is 5.92 Å². The molecule has 19 heavy (non-hydrogen) atoms. The van der Waals surface area contributed by atoms with Gasteiger partial charge in [0.25, 0.3) is 0 Å². The molecule has 0 amide bonds. The first-order chi connectivity index (χ1) is 9.28. The van der Waals surface area contributed by atoms with Crippen molar-refractivity contribution in [3.63, 3.8) is 0 Å². The lowest BCUT2D eigenvalue weighted by Gasteiger charge is -2.36. The highest BCUT2D eigenvalue weighted by Crippen LogP contribution is 2.51. The van der Waals surface area contributed by atoms with Crippen molar-refractivity contribution in [2.75, 3.05) is 6.54 Å². The number of piperidine rings is 1. The second kappa shape index (κ2) is 4.22. The summed E-state index contributed by atoms with van der Waals surface area (Å²) in [6, 6.07) is 9.46. The van der Waals surface area contributed by atoms with Gasteiger partial charge in [-0.1, -0.05) is 28.9 Å². The quantitative estimate of drug-likeness (QED) is 0.632. The van der Waals surface area contributed by atoms with E-state index in [1.807, 2.05) is 12.1 Å². The molecular weight excluding hydrogens is 260 g/mol. The van der Waals surface area contributed by atoms with Crippen LogP contribution in [-0.4, -0.2) is 34.4 Å². The van der Waals surface area contributed by atoms with Crippen LogP contribution in [-0.2, 0) is 0 Å². The van der Waals surface area contributed by atoms with Crippen LogP contribution in [0.1, 0.15) is 30.7 Å². The summed E-state index contributed by atoms with van der Waals surface area (Å²) in [6.07, 6.45) is 3.73. The Bertz CT molecular complexity index is 527. The van der Waals surface area contributed by atoms with E-state index in [0.29, 0.717) is 23.9 Å². The summed E-state index contributed by atoms with van der Waals surface area (Å²) in [5.74, 6) is 0.879. The lowest BCUT2D eigenvalue weighted by Crippen LogP contribution is -2.40. The van der Waals surface area contributed by atoms with Crippen molar-refractivity contribution < 1.29 is 5.21 Å². The summed E-state index contributed by atoms with van der Waals surface area (Å²) in [7, 11) is 0. The van der Waals surface area contributed by atoms with E-state index >= 15 is 0 Å². The van der Waals surface area contributed by atoms with E-state index in [0.717, 1.165) is 17.3 Å². The Morgan fingerprint density at radius 3 is 2.74 bits per heavy atom. The molecule has 3 heterocycles. The van der Waals surface area contributed by atoms with Crippen LogP contribution in [0.2, 0.25) is 5.02 Å². The largest absolute Gasteiger partial charge is 0.411 e. The van der Waals surface area contributed by atoms with Gasteiger partial charge in [0.2, 0.25) is 0 Å². The highest BCUT2D eigenvalue weighted by atomic mass is 35.5. The van der Waals surface area contributed by atoms with E-state index in [2.05, 4.69) is 22.2 Å². The lowest BCUT2D eigenvalue weighted by atomic mass is 9.77. The van der Waals surface area contributed by atoms with Crippen LogP contribution in [0.4, 0.5) is 0 Å². The first-order valence-electron chi connectivity index (χ1n) is 7.00. The predicted octanol–water partition coefficient (Wildman–Crippen LogP) is 3.12. The third-order valence-corrected chi connectivity index (χ3v) is 5.47. The Morgan fingerprint density at radius 2 is 2.00 bits per heavy atom. The van der Waals surface area contributed by atoms with E-state index in [4.69, 9.17) is 11.6 Å². The number of benzene rings is 1. The summed E-state index contributed by atoms with van der Waals surface area (Å²) in [5, 5.41) is 13.7. The average molecular weight is 277 g/mol. The van der Waals surface area contributed by atoms with E-state index < -0.39 is 0 Å². The summed E-state index contributed by atoms with van der Waals surface area (Å²) < 4.78 is 0. The maximum atomic E-state index is 9.29. The Labute approximate surface area is 117 Å². The van der Waals surface area contributed by atoms with E-state index in [-0.39, 0.29) is 0 Å². The first-order valence-corrected chi connectivity index (χ1v) is 7.38.